The van der Waals surface area contributed by atoms with E-state index in [1.807, 2.05) is 36.4 Å². The highest BCUT2D eigenvalue weighted by Gasteiger charge is 2.27. The number of fused-ring (bicyclic) bond motifs is 1. The summed E-state index contributed by atoms with van der Waals surface area (Å²) in [5, 5.41) is 2.15. The highest BCUT2D eigenvalue weighted by molar-refractivity contribution is 6.00. The van der Waals surface area contributed by atoms with Crippen molar-refractivity contribution in [3.63, 3.8) is 0 Å². The van der Waals surface area contributed by atoms with Crippen LogP contribution in [-0.4, -0.2) is 44.7 Å². The van der Waals surface area contributed by atoms with Gasteiger partial charge in [0.2, 0.25) is 5.78 Å². The number of quaternary nitrogens is 1. The second kappa shape index (κ2) is 6.69. The van der Waals surface area contributed by atoms with Crippen LogP contribution in [-0.2, 0) is 4.74 Å². The van der Waals surface area contributed by atoms with Crippen LogP contribution in [0.25, 0.3) is 10.8 Å². The smallest absolute Gasteiger partial charge is 0.216 e. The summed E-state index contributed by atoms with van der Waals surface area (Å²) in [4.78, 5) is 13.9. The SMILES string of the molecule is COc1ccc2cc(C(=O)C[NH+]3C[C@H](C)O[C@@H](C)C3)ccc2c1. The number of hydrogen-bond acceptors (Lipinski definition) is 3. The molecule has 0 saturated carbocycles. The van der Waals surface area contributed by atoms with E-state index in [1.165, 1.54) is 4.90 Å². The Morgan fingerprint density at radius 3 is 2.48 bits per heavy atom. The molecule has 1 aliphatic rings. The summed E-state index contributed by atoms with van der Waals surface area (Å²) < 4.78 is 11.0. The number of carbonyl (C=O) groups is 1. The van der Waals surface area contributed by atoms with E-state index < -0.39 is 0 Å². The van der Waals surface area contributed by atoms with E-state index in [2.05, 4.69) is 13.8 Å². The number of morpholine rings is 1. The first kappa shape index (κ1) is 16.0. The van der Waals surface area contributed by atoms with Crippen LogP contribution in [0.5, 0.6) is 5.75 Å². The van der Waals surface area contributed by atoms with E-state index >= 15 is 0 Å². The molecular weight excluding hydrogens is 290 g/mol. The zero-order chi connectivity index (χ0) is 16.4. The lowest BCUT2D eigenvalue weighted by molar-refractivity contribution is -0.906. The van der Waals surface area contributed by atoms with E-state index in [9.17, 15) is 4.79 Å². The Bertz CT molecular complexity index is 703. The van der Waals surface area contributed by atoms with Gasteiger partial charge >= 0.3 is 0 Å². The summed E-state index contributed by atoms with van der Waals surface area (Å²) in [5.41, 5.74) is 0.780. The second-order valence-corrected chi connectivity index (χ2v) is 6.44. The van der Waals surface area contributed by atoms with Crippen LogP contribution in [0.15, 0.2) is 36.4 Å². The average molecular weight is 314 g/mol. The summed E-state index contributed by atoms with van der Waals surface area (Å²) in [6, 6.07) is 11.8. The molecule has 4 nitrogen and oxygen atoms in total. The minimum atomic E-state index is 0.194. The number of ketones is 1. The molecule has 0 amide bonds. The highest BCUT2D eigenvalue weighted by atomic mass is 16.5. The number of Topliss-reactive ketones (excluding diaryl/α,β-unsaturated/α-hetero) is 1. The highest BCUT2D eigenvalue weighted by Crippen LogP contribution is 2.21. The van der Waals surface area contributed by atoms with Gasteiger partial charge in [-0.3, -0.25) is 4.79 Å². The number of rotatable bonds is 4. The van der Waals surface area contributed by atoms with Crippen molar-refractivity contribution in [1.29, 1.82) is 0 Å². The Morgan fingerprint density at radius 1 is 1.13 bits per heavy atom. The van der Waals surface area contributed by atoms with Crippen LogP contribution in [0.1, 0.15) is 24.2 Å². The van der Waals surface area contributed by atoms with Crippen LogP contribution in [0.3, 0.4) is 0 Å². The van der Waals surface area contributed by atoms with Gasteiger partial charge in [-0.05, 0) is 42.8 Å². The molecule has 2 atom stereocenters. The maximum absolute atomic E-state index is 12.6. The first-order chi connectivity index (χ1) is 11.0. The lowest BCUT2D eigenvalue weighted by Crippen LogP contribution is -3.16. The quantitative estimate of drug-likeness (QED) is 0.874. The third-order valence-electron chi connectivity index (χ3n) is 4.40. The molecule has 0 spiro atoms. The van der Waals surface area contributed by atoms with Crippen molar-refractivity contribution in [3.05, 3.63) is 42.0 Å². The van der Waals surface area contributed by atoms with E-state index in [0.29, 0.717) is 6.54 Å². The van der Waals surface area contributed by atoms with Gasteiger partial charge in [-0.15, -0.1) is 0 Å². The summed E-state index contributed by atoms with van der Waals surface area (Å²) >= 11 is 0. The molecule has 1 heterocycles. The van der Waals surface area contributed by atoms with Crippen LogP contribution in [0, 0.1) is 0 Å². The Hall–Kier alpha value is -1.91. The number of hydrogen-bond donors (Lipinski definition) is 1. The standard InChI is InChI=1S/C19H23NO3/c1-13-10-20(11-14(2)23-13)12-19(21)17-5-4-16-9-18(22-3)7-6-15(16)8-17/h4-9,13-14H,10-12H2,1-3H3/p+1/t13-,14-/m0/s1. The van der Waals surface area contributed by atoms with Crippen molar-refractivity contribution in [2.24, 2.45) is 0 Å². The molecule has 3 rings (SSSR count). The zero-order valence-electron chi connectivity index (χ0n) is 14.0. The third kappa shape index (κ3) is 3.71. The van der Waals surface area contributed by atoms with Crippen molar-refractivity contribution in [1.82, 2.24) is 0 Å². The van der Waals surface area contributed by atoms with Gasteiger partial charge in [0.25, 0.3) is 0 Å². The van der Waals surface area contributed by atoms with E-state index in [1.54, 1.807) is 7.11 Å². The van der Waals surface area contributed by atoms with Gasteiger partial charge in [-0.1, -0.05) is 18.2 Å². The fraction of sp³-hybridized carbons (Fsp3) is 0.421. The molecule has 4 heteroatoms. The first-order valence-electron chi connectivity index (χ1n) is 8.15. The van der Waals surface area contributed by atoms with Crippen molar-refractivity contribution in [3.8, 4) is 5.75 Å². The Balaban J connectivity index is 1.75. The van der Waals surface area contributed by atoms with Crippen LogP contribution >= 0.6 is 0 Å². The monoisotopic (exact) mass is 314 g/mol. The topological polar surface area (TPSA) is 40.0 Å². The van der Waals surface area contributed by atoms with Crippen LogP contribution in [0.2, 0.25) is 0 Å². The molecule has 122 valence electrons. The summed E-state index contributed by atoms with van der Waals surface area (Å²) in [7, 11) is 1.66. The summed E-state index contributed by atoms with van der Waals surface area (Å²) in [6.45, 7) is 6.45. The van der Waals surface area contributed by atoms with Crippen molar-refractivity contribution in [2.45, 2.75) is 26.1 Å². The van der Waals surface area contributed by atoms with Crippen molar-refractivity contribution >= 4 is 16.6 Å². The minimum Gasteiger partial charge on any atom is -0.497 e. The Labute approximate surface area is 137 Å². The largest absolute Gasteiger partial charge is 0.497 e. The second-order valence-electron chi connectivity index (χ2n) is 6.44. The molecule has 0 radical (unpaired) electrons. The lowest BCUT2D eigenvalue weighted by atomic mass is 10.0. The fourth-order valence-corrected chi connectivity index (χ4v) is 3.39. The Kier molecular flexibility index (Phi) is 4.64. The first-order valence-corrected chi connectivity index (χ1v) is 8.15. The summed E-state index contributed by atoms with van der Waals surface area (Å²) in [6.07, 6.45) is 0.427. The molecule has 1 saturated heterocycles. The number of carbonyl (C=O) groups excluding carboxylic acids is 1. The van der Waals surface area contributed by atoms with E-state index in [-0.39, 0.29) is 18.0 Å². The van der Waals surface area contributed by atoms with Gasteiger partial charge in [0.1, 0.15) is 37.6 Å². The normalized spacial score (nSPS) is 24.6. The van der Waals surface area contributed by atoms with Gasteiger partial charge in [0, 0.05) is 5.56 Å². The zero-order valence-corrected chi connectivity index (χ0v) is 14.0. The van der Waals surface area contributed by atoms with Crippen LogP contribution in [0.4, 0.5) is 0 Å². The van der Waals surface area contributed by atoms with Gasteiger partial charge in [-0.25, -0.2) is 0 Å². The minimum absolute atomic E-state index is 0.194. The average Bonchev–Trinajstić information content (AvgIpc) is 2.52. The molecule has 2 aromatic rings. The maximum Gasteiger partial charge on any atom is 0.216 e. The molecule has 1 N–H and O–H groups in total. The predicted molar refractivity (Wildman–Crippen MR) is 90.4 cm³/mol. The molecule has 0 aliphatic carbocycles. The third-order valence-corrected chi connectivity index (χ3v) is 4.40. The van der Waals surface area contributed by atoms with Crippen LogP contribution < -0.4 is 9.64 Å². The molecular formula is C19H24NO3+. The van der Waals surface area contributed by atoms with Crippen molar-refractivity contribution < 1.29 is 19.2 Å². The van der Waals surface area contributed by atoms with E-state index in [0.717, 1.165) is 35.2 Å². The molecule has 0 aromatic heterocycles. The maximum atomic E-state index is 12.6. The van der Waals surface area contributed by atoms with E-state index in [4.69, 9.17) is 9.47 Å². The van der Waals surface area contributed by atoms with Crippen molar-refractivity contribution in [2.75, 3.05) is 26.7 Å². The molecule has 1 aliphatic heterocycles. The molecule has 1 fully saturated rings. The van der Waals surface area contributed by atoms with Gasteiger partial charge in [0.05, 0.1) is 7.11 Å². The predicted octanol–water partition coefficient (Wildman–Crippen LogP) is 1.72. The van der Waals surface area contributed by atoms with Gasteiger partial charge in [0.15, 0.2) is 0 Å². The Morgan fingerprint density at radius 2 is 1.78 bits per heavy atom. The van der Waals surface area contributed by atoms with Gasteiger partial charge < -0.3 is 14.4 Å². The van der Waals surface area contributed by atoms with Gasteiger partial charge in [-0.2, -0.15) is 0 Å². The number of ether oxygens (including phenoxy) is 2. The number of nitrogens with one attached hydrogen (secondary N) is 1. The lowest BCUT2D eigenvalue weighted by Gasteiger charge is -2.31. The number of benzene rings is 2. The molecule has 23 heavy (non-hydrogen) atoms. The molecule has 0 unspecified atom stereocenters. The summed E-state index contributed by atoms with van der Waals surface area (Å²) in [5.74, 6) is 1.02. The molecule has 2 aromatic carbocycles. The number of methoxy groups -OCH3 is 1. The fourth-order valence-electron chi connectivity index (χ4n) is 3.39. The molecule has 0 bridgehead atoms.